The molecular weight excluding hydrogens is 368 g/mol. The van der Waals surface area contributed by atoms with Crippen LogP contribution >= 0.6 is 0 Å². The van der Waals surface area contributed by atoms with Crippen LogP contribution in [0.1, 0.15) is 69.8 Å². The molecule has 1 aliphatic carbocycles. The summed E-state index contributed by atoms with van der Waals surface area (Å²) in [6.07, 6.45) is 3.23. The van der Waals surface area contributed by atoms with Crippen LogP contribution in [0.4, 0.5) is 0 Å². The van der Waals surface area contributed by atoms with Crippen LogP contribution in [-0.2, 0) is 19.7 Å². The van der Waals surface area contributed by atoms with Gasteiger partial charge in [0.2, 0.25) is 0 Å². The fraction of sp³-hybridized carbons (Fsp3) is 0.609. The van der Waals surface area contributed by atoms with E-state index in [-0.39, 0.29) is 36.4 Å². The summed E-state index contributed by atoms with van der Waals surface area (Å²) in [5.41, 5.74) is 1.61. The van der Waals surface area contributed by atoms with Gasteiger partial charge in [-0.05, 0) is 41.4 Å². The Morgan fingerprint density at radius 2 is 1.72 bits per heavy atom. The fourth-order valence-electron chi connectivity index (χ4n) is 3.61. The molecule has 6 nitrogen and oxygen atoms in total. The van der Waals surface area contributed by atoms with Crippen molar-refractivity contribution in [2.75, 3.05) is 13.2 Å². The number of amides is 2. The predicted molar refractivity (Wildman–Crippen MR) is 113 cm³/mol. The zero-order valence-corrected chi connectivity index (χ0v) is 18.2. The van der Waals surface area contributed by atoms with Gasteiger partial charge in [0.15, 0.2) is 6.61 Å². The van der Waals surface area contributed by atoms with Gasteiger partial charge in [-0.15, -0.1) is 0 Å². The molecule has 6 heteroatoms. The lowest BCUT2D eigenvalue weighted by Gasteiger charge is -2.34. The molecule has 0 heterocycles. The number of hydrogen-bond acceptors (Lipinski definition) is 4. The van der Waals surface area contributed by atoms with Crippen molar-refractivity contribution in [1.29, 1.82) is 0 Å². The minimum atomic E-state index is -0.634. The van der Waals surface area contributed by atoms with Crippen molar-refractivity contribution in [3.8, 4) is 0 Å². The van der Waals surface area contributed by atoms with Gasteiger partial charge in [-0.1, -0.05) is 59.6 Å². The average Bonchev–Trinajstić information content (AvgIpc) is 2.67. The molecule has 1 aliphatic rings. The van der Waals surface area contributed by atoms with Gasteiger partial charge < -0.3 is 15.4 Å². The monoisotopic (exact) mass is 402 g/mol. The van der Waals surface area contributed by atoms with Crippen LogP contribution in [0.15, 0.2) is 24.3 Å². The molecule has 1 aromatic carbocycles. The number of carbonyl (C=O) groups excluding carboxylic acids is 3. The number of esters is 1. The molecule has 0 aliphatic heterocycles. The molecule has 0 radical (unpaired) electrons. The van der Waals surface area contributed by atoms with Gasteiger partial charge in [0, 0.05) is 11.6 Å². The second-order valence-corrected chi connectivity index (χ2v) is 9.11. The Morgan fingerprint density at radius 1 is 1.07 bits per heavy atom. The second kappa shape index (κ2) is 9.90. The highest BCUT2D eigenvalue weighted by molar-refractivity contribution is 5.96. The van der Waals surface area contributed by atoms with Crippen molar-refractivity contribution in [3.05, 3.63) is 35.4 Å². The van der Waals surface area contributed by atoms with Crippen molar-refractivity contribution >= 4 is 17.8 Å². The summed E-state index contributed by atoms with van der Waals surface area (Å²) in [5.74, 6) is -0.299. The van der Waals surface area contributed by atoms with Crippen LogP contribution in [0, 0.1) is 11.8 Å². The van der Waals surface area contributed by atoms with Crippen molar-refractivity contribution in [2.45, 2.75) is 65.3 Å². The smallest absolute Gasteiger partial charge is 0.325 e. The molecular formula is C23H34N2O4. The number of hydrogen-bond donors (Lipinski definition) is 2. The first-order valence-corrected chi connectivity index (χ1v) is 10.4. The van der Waals surface area contributed by atoms with Crippen LogP contribution in [0.2, 0.25) is 0 Å². The molecule has 160 valence electrons. The molecule has 0 bridgehead atoms. The van der Waals surface area contributed by atoms with E-state index in [9.17, 15) is 14.4 Å². The number of nitrogens with one attached hydrogen (secondary N) is 2. The van der Waals surface area contributed by atoms with Gasteiger partial charge in [-0.3, -0.25) is 14.4 Å². The highest BCUT2D eigenvalue weighted by Crippen LogP contribution is 2.29. The van der Waals surface area contributed by atoms with Gasteiger partial charge >= 0.3 is 5.97 Å². The van der Waals surface area contributed by atoms with Gasteiger partial charge in [0.25, 0.3) is 11.8 Å². The molecule has 2 rings (SSSR count). The molecule has 1 saturated carbocycles. The largest absolute Gasteiger partial charge is 0.454 e. The van der Waals surface area contributed by atoms with E-state index in [1.54, 1.807) is 12.1 Å². The van der Waals surface area contributed by atoms with E-state index in [2.05, 4.69) is 45.3 Å². The van der Waals surface area contributed by atoms with Crippen LogP contribution < -0.4 is 10.6 Å². The van der Waals surface area contributed by atoms with Gasteiger partial charge in [-0.2, -0.15) is 0 Å². The molecule has 2 amide bonds. The average molecular weight is 403 g/mol. The molecule has 0 aromatic heterocycles. The second-order valence-electron chi connectivity index (χ2n) is 9.11. The van der Waals surface area contributed by atoms with E-state index in [1.165, 1.54) is 6.42 Å². The molecule has 3 atom stereocenters. The minimum Gasteiger partial charge on any atom is -0.454 e. The van der Waals surface area contributed by atoms with E-state index in [1.807, 2.05) is 12.1 Å². The summed E-state index contributed by atoms with van der Waals surface area (Å²) in [6, 6.07) is 7.41. The van der Waals surface area contributed by atoms with Gasteiger partial charge in [-0.25, -0.2) is 0 Å². The molecule has 0 spiro atoms. The number of carbonyl (C=O) groups is 3. The van der Waals surface area contributed by atoms with Crippen LogP contribution in [0.5, 0.6) is 0 Å². The third-order valence-electron chi connectivity index (χ3n) is 5.82. The van der Waals surface area contributed by atoms with E-state index < -0.39 is 5.97 Å². The highest BCUT2D eigenvalue weighted by Gasteiger charge is 2.28. The fourth-order valence-corrected chi connectivity index (χ4v) is 3.61. The summed E-state index contributed by atoms with van der Waals surface area (Å²) >= 11 is 0. The molecule has 0 saturated heterocycles. The SMILES string of the molecule is C[C@@H]1[C@H](C)CCC[C@H]1NC(=O)COC(=O)CNC(=O)c1ccc(C(C)(C)C)cc1. The molecule has 0 unspecified atom stereocenters. The Morgan fingerprint density at radius 3 is 2.34 bits per heavy atom. The van der Waals surface area contributed by atoms with Crippen LogP contribution in [-0.4, -0.2) is 37.0 Å². The molecule has 2 N–H and O–H groups in total. The van der Waals surface area contributed by atoms with Crippen LogP contribution in [0.25, 0.3) is 0 Å². The minimum absolute atomic E-state index is 0.00679. The van der Waals surface area contributed by atoms with E-state index in [0.29, 0.717) is 17.4 Å². The summed E-state index contributed by atoms with van der Waals surface area (Å²) < 4.78 is 4.99. The molecule has 29 heavy (non-hydrogen) atoms. The Labute approximate surface area is 173 Å². The summed E-state index contributed by atoms with van der Waals surface area (Å²) in [5, 5.41) is 5.49. The van der Waals surface area contributed by atoms with Gasteiger partial charge in [0.1, 0.15) is 6.54 Å². The molecule has 1 fully saturated rings. The first-order chi connectivity index (χ1) is 13.6. The third-order valence-corrected chi connectivity index (χ3v) is 5.82. The summed E-state index contributed by atoms with van der Waals surface area (Å²) in [4.78, 5) is 36.1. The van der Waals surface area contributed by atoms with E-state index >= 15 is 0 Å². The summed E-state index contributed by atoms with van der Waals surface area (Å²) in [7, 11) is 0. The maximum absolute atomic E-state index is 12.2. The third kappa shape index (κ3) is 6.87. The van der Waals surface area contributed by atoms with E-state index in [0.717, 1.165) is 18.4 Å². The lowest BCUT2D eigenvalue weighted by atomic mass is 9.78. The van der Waals surface area contributed by atoms with Crippen LogP contribution in [0.3, 0.4) is 0 Å². The lowest BCUT2D eigenvalue weighted by molar-refractivity contribution is -0.147. The van der Waals surface area contributed by atoms with Crippen molar-refractivity contribution in [3.63, 3.8) is 0 Å². The standard InChI is InChI=1S/C23H34N2O4/c1-15-7-6-8-19(16(15)2)25-20(26)14-29-21(27)13-24-22(28)17-9-11-18(12-10-17)23(3,4)5/h9-12,15-16,19H,6-8,13-14H2,1-5H3,(H,24,28)(H,25,26)/t15-,16-,19-/m1/s1. The maximum Gasteiger partial charge on any atom is 0.325 e. The van der Waals surface area contributed by atoms with Crippen molar-refractivity contribution < 1.29 is 19.1 Å². The maximum atomic E-state index is 12.2. The zero-order valence-electron chi connectivity index (χ0n) is 18.2. The van der Waals surface area contributed by atoms with Gasteiger partial charge in [0.05, 0.1) is 0 Å². The first-order valence-electron chi connectivity index (χ1n) is 10.4. The molecule has 1 aromatic rings. The first kappa shape index (κ1) is 22.9. The highest BCUT2D eigenvalue weighted by atomic mass is 16.5. The number of rotatable bonds is 6. The van der Waals surface area contributed by atoms with E-state index in [4.69, 9.17) is 4.74 Å². The normalized spacial score (nSPS) is 21.9. The summed E-state index contributed by atoms with van der Waals surface area (Å²) in [6.45, 7) is 10.0. The Balaban J connectivity index is 1.72. The zero-order chi connectivity index (χ0) is 21.6. The quantitative estimate of drug-likeness (QED) is 0.716. The Hall–Kier alpha value is -2.37. The Bertz CT molecular complexity index is 721. The van der Waals surface area contributed by atoms with Crippen molar-refractivity contribution in [1.82, 2.24) is 10.6 Å². The topological polar surface area (TPSA) is 84.5 Å². The lowest BCUT2D eigenvalue weighted by Crippen LogP contribution is -2.45. The number of benzene rings is 1. The number of ether oxygens (including phenoxy) is 1. The Kier molecular flexibility index (Phi) is 7.82. The van der Waals surface area contributed by atoms with Crippen molar-refractivity contribution in [2.24, 2.45) is 11.8 Å². The predicted octanol–water partition coefficient (Wildman–Crippen LogP) is 3.20.